The Bertz CT molecular complexity index is 443. The number of nitrogens with two attached hydrogens (primary N) is 1. The summed E-state index contributed by atoms with van der Waals surface area (Å²) in [7, 11) is 1.78. The average Bonchev–Trinajstić information content (AvgIpc) is 2.94. The molecule has 0 radical (unpaired) electrons. The monoisotopic (exact) mass is 268 g/mol. The molecule has 2 rings (SSSR count). The highest BCUT2D eigenvalue weighted by Gasteiger charge is 2.33. The molecule has 3 N–H and O–H groups in total. The lowest BCUT2D eigenvalue weighted by Gasteiger charge is -2.27. The van der Waals surface area contributed by atoms with Gasteiger partial charge in [0.05, 0.1) is 0 Å². The lowest BCUT2D eigenvalue weighted by atomic mass is 10.0. The van der Waals surface area contributed by atoms with Gasteiger partial charge in [0.1, 0.15) is 10.7 Å². The third kappa shape index (κ3) is 2.29. The van der Waals surface area contributed by atoms with Crippen LogP contribution in [-0.4, -0.2) is 35.4 Å². The van der Waals surface area contributed by atoms with Gasteiger partial charge in [-0.2, -0.15) is 0 Å². The first-order chi connectivity index (χ1) is 8.54. The summed E-state index contributed by atoms with van der Waals surface area (Å²) in [5.74, 6) is 0.848. The lowest BCUT2D eigenvalue weighted by Crippen LogP contribution is -2.38. The normalized spacial score (nSPS) is 19.6. The van der Waals surface area contributed by atoms with Gasteiger partial charge in [-0.15, -0.1) is 0 Å². The summed E-state index contributed by atoms with van der Waals surface area (Å²) >= 11 is 1.33. The van der Waals surface area contributed by atoms with Crippen LogP contribution >= 0.6 is 11.3 Å². The van der Waals surface area contributed by atoms with Gasteiger partial charge in [-0.05, 0) is 18.8 Å². The van der Waals surface area contributed by atoms with Crippen LogP contribution in [0.25, 0.3) is 0 Å². The Morgan fingerprint density at radius 3 is 2.89 bits per heavy atom. The molecule has 6 heteroatoms. The smallest absolute Gasteiger partial charge is 0.268 e. The molecule has 1 fully saturated rings. The first kappa shape index (κ1) is 13.1. The molecule has 100 valence electrons. The zero-order valence-corrected chi connectivity index (χ0v) is 11.9. The minimum absolute atomic E-state index is 0.0303. The molecule has 1 unspecified atom stereocenters. The number of hydrogen-bond donors (Lipinski definition) is 2. The third-order valence-electron chi connectivity index (χ3n) is 3.39. The van der Waals surface area contributed by atoms with Gasteiger partial charge in [0.25, 0.3) is 5.91 Å². The molecule has 0 saturated carbocycles. The molecule has 2 heterocycles. The maximum Gasteiger partial charge on any atom is 0.268 e. The minimum Gasteiger partial charge on any atom is -0.382 e. The van der Waals surface area contributed by atoms with E-state index in [0.29, 0.717) is 27.8 Å². The maximum absolute atomic E-state index is 12.5. The van der Waals surface area contributed by atoms with Gasteiger partial charge in [0.15, 0.2) is 5.13 Å². The fourth-order valence-electron chi connectivity index (χ4n) is 2.46. The van der Waals surface area contributed by atoms with Crippen molar-refractivity contribution in [2.24, 2.45) is 5.92 Å². The van der Waals surface area contributed by atoms with E-state index in [1.54, 1.807) is 7.05 Å². The number of hydrogen-bond acceptors (Lipinski definition) is 5. The fourth-order valence-corrected chi connectivity index (χ4v) is 3.25. The van der Waals surface area contributed by atoms with Crippen LogP contribution in [0.4, 0.5) is 10.9 Å². The van der Waals surface area contributed by atoms with Crippen molar-refractivity contribution in [3.05, 3.63) is 4.88 Å². The highest BCUT2D eigenvalue weighted by atomic mass is 32.1. The Morgan fingerprint density at radius 1 is 1.61 bits per heavy atom. The molecule has 1 aliphatic heterocycles. The summed E-state index contributed by atoms with van der Waals surface area (Å²) < 4.78 is 0. The third-order valence-corrected chi connectivity index (χ3v) is 4.47. The summed E-state index contributed by atoms with van der Waals surface area (Å²) in [6.45, 7) is 5.14. The number of carbonyl (C=O) groups is 1. The molecule has 1 aromatic heterocycles. The zero-order valence-electron chi connectivity index (χ0n) is 11.1. The molecular formula is C12H20N4OS. The summed E-state index contributed by atoms with van der Waals surface area (Å²) in [5.41, 5.74) is 5.82. The van der Waals surface area contributed by atoms with Crippen molar-refractivity contribution in [1.29, 1.82) is 0 Å². The number of amides is 1. The molecule has 1 atom stereocenters. The molecule has 1 saturated heterocycles. The van der Waals surface area contributed by atoms with E-state index in [0.717, 1.165) is 19.4 Å². The van der Waals surface area contributed by atoms with Crippen LogP contribution in [0.5, 0.6) is 0 Å². The van der Waals surface area contributed by atoms with Crippen molar-refractivity contribution in [1.82, 2.24) is 9.88 Å². The Hall–Kier alpha value is -1.30. The fraction of sp³-hybridized carbons (Fsp3) is 0.667. The zero-order chi connectivity index (χ0) is 13.3. The largest absolute Gasteiger partial charge is 0.382 e. The molecule has 1 aliphatic rings. The summed E-state index contributed by atoms with van der Waals surface area (Å²) in [5, 5.41) is 3.62. The molecule has 0 aliphatic carbocycles. The minimum atomic E-state index is 0.0303. The lowest BCUT2D eigenvalue weighted by molar-refractivity contribution is 0.0707. The number of aromatic nitrogens is 1. The number of rotatable bonds is 3. The number of nitrogen functional groups attached to an aromatic ring is 1. The van der Waals surface area contributed by atoms with Gasteiger partial charge in [-0.1, -0.05) is 25.2 Å². The van der Waals surface area contributed by atoms with E-state index < -0.39 is 0 Å². The number of anilines is 2. The molecule has 1 aromatic rings. The maximum atomic E-state index is 12.5. The number of nitrogens with one attached hydrogen (secondary N) is 1. The second-order valence-electron chi connectivity index (χ2n) is 4.94. The molecular weight excluding hydrogens is 248 g/mol. The Kier molecular flexibility index (Phi) is 3.75. The highest BCUT2D eigenvalue weighted by molar-refractivity contribution is 7.18. The van der Waals surface area contributed by atoms with Crippen LogP contribution in [0, 0.1) is 5.92 Å². The Labute approximate surface area is 111 Å². The second kappa shape index (κ2) is 5.14. The van der Waals surface area contributed by atoms with Crippen molar-refractivity contribution in [2.75, 3.05) is 24.6 Å². The van der Waals surface area contributed by atoms with Crippen molar-refractivity contribution in [2.45, 2.75) is 32.7 Å². The first-order valence-corrected chi connectivity index (χ1v) is 7.11. The second-order valence-corrected chi connectivity index (χ2v) is 5.93. The number of carbonyl (C=O) groups excluding carboxylic acids is 1. The van der Waals surface area contributed by atoms with E-state index in [9.17, 15) is 4.79 Å². The van der Waals surface area contributed by atoms with Crippen LogP contribution in [0.3, 0.4) is 0 Å². The molecule has 1 amide bonds. The van der Waals surface area contributed by atoms with Crippen molar-refractivity contribution < 1.29 is 4.79 Å². The molecule has 5 nitrogen and oxygen atoms in total. The van der Waals surface area contributed by atoms with Crippen LogP contribution in [-0.2, 0) is 0 Å². The van der Waals surface area contributed by atoms with Crippen LogP contribution in [0.1, 0.15) is 36.4 Å². The summed E-state index contributed by atoms with van der Waals surface area (Å²) in [6, 6.07) is 0.331. The van der Waals surface area contributed by atoms with E-state index in [-0.39, 0.29) is 5.91 Å². The number of thiazole rings is 1. The number of nitrogens with zero attached hydrogens (tertiary/aromatic N) is 2. The predicted molar refractivity (Wildman–Crippen MR) is 75.0 cm³/mol. The van der Waals surface area contributed by atoms with E-state index in [1.807, 2.05) is 4.90 Å². The Balaban J connectivity index is 2.22. The highest BCUT2D eigenvalue weighted by Crippen LogP contribution is 2.31. The van der Waals surface area contributed by atoms with Gasteiger partial charge in [-0.3, -0.25) is 4.79 Å². The van der Waals surface area contributed by atoms with Crippen molar-refractivity contribution >= 4 is 28.2 Å². The average molecular weight is 268 g/mol. The van der Waals surface area contributed by atoms with Gasteiger partial charge >= 0.3 is 0 Å². The van der Waals surface area contributed by atoms with Crippen LogP contribution in [0.15, 0.2) is 0 Å². The van der Waals surface area contributed by atoms with Gasteiger partial charge < -0.3 is 16.0 Å². The van der Waals surface area contributed by atoms with Gasteiger partial charge in [0, 0.05) is 19.6 Å². The summed E-state index contributed by atoms with van der Waals surface area (Å²) in [4.78, 5) is 19.1. The van der Waals surface area contributed by atoms with E-state index in [1.165, 1.54) is 11.3 Å². The van der Waals surface area contributed by atoms with E-state index in [2.05, 4.69) is 24.1 Å². The molecule has 18 heavy (non-hydrogen) atoms. The van der Waals surface area contributed by atoms with Crippen LogP contribution in [0.2, 0.25) is 0 Å². The molecule has 0 aromatic carbocycles. The molecule has 0 spiro atoms. The standard InChI is InChI=1S/C12H20N4OS/c1-7(2)8-5-4-6-16(8)11(17)9-10(13)15-12(14-3)18-9/h7-8H,4-6,13H2,1-3H3,(H,14,15). The van der Waals surface area contributed by atoms with E-state index >= 15 is 0 Å². The quantitative estimate of drug-likeness (QED) is 0.880. The van der Waals surface area contributed by atoms with Gasteiger partial charge in [0.2, 0.25) is 0 Å². The van der Waals surface area contributed by atoms with Crippen molar-refractivity contribution in [3.8, 4) is 0 Å². The number of likely N-dealkylation sites (tertiary alicyclic amines) is 1. The van der Waals surface area contributed by atoms with Crippen LogP contribution < -0.4 is 11.1 Å². The van der Waals surface area contributed by atoms with E-state index in [4.69, 9.17) is 5.73 Å². The SMILES string of the molecule is CNc1nc(N)c(C(=O)N2CCCC2C(C)C)s1. The summed E-state index contributed by atoms with van der Waals surface area (Å²) in [6.07, 6.45) is 2.16. The molecule has 0 bridgehead atoms. The topological polar surface area (TPSA) is 71.2 Å². The van der Waals surface area contributed by atoms with Gasteiger partial charge in [-0.25, -0.2) is 4.98 Å². The first-order valence-electron chi connectivity index (χ1n) is 6.29. The Morgan fingerprint density at radius 2 is 2.33 bits per heavy atom. The predicted octanol–water partition coefficient (Wildman–Crippen LogP) is 2.03. The van der Waals surface area contributed by atoms with Crippen molar-refractivity contribution in [3.63, 3.8) is 0 Å².